The van der Waals surface area contributed by atoms with Gasteiger partial charge in [0.05, 0.1) is 17.5 Å². The molecule has 1 amide bonds. The minimum Gasteiger partial charge on any atom is -0.369 e. The average molecular weight is 206 g/mol. The molecule has 1 fully saturated rings. The summed E-state index contributed by atoms with van der Waals surface area (Å²) in [5.74, 6) is -0.284. The van der Waals surface area contributed by atoms with Gasteiger partial charge in [-0.3, -0.25) is 9.69 Å². The molecule has 1 atom stereocenters. The predicted molar refractivity (Wildman–Crippen MR) is 48.9 cm³/mol. The summed E-state index contributed by atoms with van der Waals surface area (Å²) in [4.78, 5) is 12.3. The monoisotopic (exact) mass is 206 g/mol. The molecule has 1 aliphatic heterocycles. The van der Waals surface area contributed by atoms with Gasteiger partial charge in [-0.1, -0.05) is 0 Å². The average Bonchev–Trinajstić information content (AvgIpc) is 1.97. The summed E-state index contributed by atoms with van der Waals surface area (Å²) >= 11 is 0. The van der Waals surface area contributed by atoms with Crippen molar-refractivity contribution in [2.24, 2.45) is 5.73 Å². The molecule has 1 saturated heterocycles. The smallest absolute Gasteiger partial charge is 0.231 e. The van der Waals surface area contributed by atoms with Crippen molar-refractivity contribution >= 4 is 15.7 Å². The zero-order valence-corrected chi connectivity index (χ0v) is 8.38. The van der Waals surface area contributed by atoms with Crippen LogP contribution in [0.25, 0.3) is 0 Å². The van der Waals surface area contributed by atoms with Gasteiger partial charge < -0.3 is 5.73 Å². The van der Waals surface area contributed by atoms with Gasteiger partial charge in [0, 0.05) is 13.1 Å². The topological polar surface area (TPSA) is 80.5 Å². The molecule has 0 aromatic carbocycles. The summed E-state index contributed by atoms with van der Waals surface area (Å²) in [7, 11) is -2.92. The van der Waals surface area contributed by atoms with Crippen LogP contribution < -0.4 is 5.73 Å². The minimum atomic E-state index is -2.92. The highest BCUT2D eigenvalue weighted by Gasteiger charge is 2.29. The van der Waals surface area contributed by atoms with E-state index in [1.165, 1.54) is 0 Å². The van der Waals surface area contributed by atoms with Crippen molar-refractivity contribution in [3.05, 3.63) is 0 Å². The Morgan fingerprint density at radius 2 is 2.23 bits per heavy atom. The van der Waals surface area contributed by atoms with Crippen molar-refractivity contribution < 1.29 is 13.2 Å². The van der Waals surface area contributed by atoms with Gasteiger partial charge in [-0.25, -0.2) is 8.42 Å². The normalized spacial score (nSPS) is 28.5. The quantitative estimate of drug-likeness (QED) is 0.602. The summed E-state index contributed by atoms with van der Waals surface area (Å²) in [6.07, 6.45) is 0. The van der Waals surface area contributed by atoms with E-state index < -0.39 is 15.7 Å². The molecule has 1 unspecified atom stereocenters. The van der Waals surface area contributed by atoms with Crippen LogP contribution in [0.2, 0.25) is 0 Å². The van der Waals surface area contributed by atoms with Crippen LogP contribution in [0.15, 0.2) is 0 Å². The van der Waals surface area contributed by atoms with E-state index in [1.807, 2.05) is 0 Å². The molecule has 1 heterocycles. The molecule has 76 valence electrons. The molecule has 0 spiro atoms. The van der Waals surface area contributed by atoms with E-state index in [1.54, 1.807) is 11.8 Å². The highest BCUT2D eigenvalue weighted by atomic mass is 32.2. The van der Waals surface area contributed by atoms with Crippen molar-refractivity contribution in [3.63, 3.8) is 0 Å². The summed E-state index contributed by atoms with van der Waals surface area (Å²) in [6.45, 7) is 2.63. The van der Waals surface area contributed by atoms with Gasteiger partial charge in [0.15, 0.2) is 9.84 Å². The fourth-order valence-corrected chi connectivity index (χ4v) is 2.74. The summed E-state index contributed by atoms with van der Waals surface area (Å²) in [6, 6.07) is 0. The lowest BCUT2D eigenvalue weighted by Gasteiger charge is -2.29. The first kappa shape index (κ1) is 10.5. The van der Waals surface area contributed by atoms with Crippen LogP contribution in [0.1, 0.15) is 6.92 Å². The number of amides is 1. The third kappa shape index (κ3) is 2.67. The number of nitrogens with zero attached hydrogens (tertiary/aromatic N) is 1. The second-order valence-electron chi connectivity index (χ2n) is 3.38. The van der Waals surface area contributed by atoms with Crippen LogP contribution in [-0.2, 0) is 14.6 Å². The molecule has 0 saturated carbocycles. The largest absolute Gasteiger partial charge is 0.369 e. The standard InChI is InChI=1S/C7H14N2O3S/c1-6-4-9(5-7(8)10)2-3-13(6,11)12/h6H,2-5H2,1H3,(H2,8,10). The van der Waals surface area contributed by atoms with Crippen LogP contribution in [0.5, 0.6) is 0 Å². The van der Waals surface area contributed by atoms with Crippen molar-refractivity contribution in [3.8, 4) is 0 Å². The predicted octanol–water partition coefficient (Wildman–Crippen LogP) is -1.41. The number of carbonyl (C=O) groups is 1. The van der Waals surface area contributed by atoms with E-state index in [0.29, 0.717) is 13.1 Å². The zero-order chi connectivity index (χ0) is 10.1. The maximum Gasteiger partial charge on any atom is 0.231 e. The van der Waals surface area contributed by atoms with Gasteiger partial charge in [0.2, 0.25) is 5.91 Å². The van der Waals surface area contributed by atoms with E-state index >= 15 is 0 Å². The van der Waals surface area contributed by atoms with Crippen LogP contribution in [0.3, 0.4) is 0 Å². The molecular formula is C7H14N2O3S. The zero-order valence-electron chi connectivity index (χ0n) is 7.56. The van der Waals surface area contributed by atoms with E-state index in [4.69, 9.17) is 5.73 Å². The molecule has 0 aliphatic carbocycles. The van der Waals surface area contributed by atoms with Crippen molar-refractivity contribution in [1.29, 1.82) is 0 Å². The molecule has 0 aromatic rings. The van der Waals surface area contributed by atoms with Crippen molar-refractivity contribution in [2.45, 2.75) is 12.2 Å². The van der Waals surface area contributed by atoms with Crippen LogP contribution in [0, 0.1) is 0 Å². The van der Waals surface area contributed by atoms with Gasteiger partial charge in [0.25, 0.3) is 0 Å². The number of carbonyl (C=O) groups excluding carboxylic acids is 1. The Balaban J connectivity index is 2.56. The number of nitrogens with two attached hydrogens (primary N) is 1. The van der Waals surface area contributed by atoms with Crippen molar-refractivity contribution in [2.75, 3.05) is 25.4 Å². The Labute approximate surface area is 77.8 Å². The Kier molecular flexibility index (Phi) is 2.92. The maximum absolute atomic E-state index is 11.3. The van der Waals surface area contributed by atoms with Crippen LogP contribution >= 0.6 is 0 Å². The SMILES string of the molecule is CC1CN(CC(N)=O)CCS1(=O)=O. The van der Waals surface area contributed by atoms with Gasteiger partial charge in [-0.2, -0.15) is 0 Å². The van der Waals surface area contributed by atoms with Gasteiger partial charge >= 0.3 is 0 Å². The van der Waals surface area contributed by atoms with Gasteiger partial charge in [-0.05, 0) is 6.92 Å². The Morgan fingerprint density at radius 3 is 2.69 bits per heavy atom. The highest BCUT2D eigenvalue weighted by Crippen LogP contribution is 2.10. The lowest BCUT2D eigenvalue weighted by molar-refractivity contribution is -0.119. The number of primary amides is 1. The number of hydrogen-bond donors (Lipinski definition) is 1. The summed E-state index contributed by atoms with van der Waals surface area (Å²) in [5.41, 5.74) is 5.01. The van der Waals surface area contributed by atoms with E-state index in [-0.39, 0.29) is 17.5 Å². The maximum atomic E-state index is 11.3. The first-order valence-corrected chi connectivity index (χ1v) is 5.85. The Morgan fingerprint density at radius 1 is 1.62 bits per heavy atom. The number of rotatable bonds is 2. The lowest BCUT2D eigenvalue weighted by atomic mass is 10.4. The van der Waals surface area contributed by atoms with Crippen molar-refractivity contribution in [1.82, 2.24) is 4.90 Å². The Hall–Kier alpha value is -0.620. The second kappa shape index (κ2) is 3.63. The molecule has 0 aromatic heterocycles. The van der Waals surface area contributed by atoms with Gasteiger partial charge in [-0.15, -0.1) is 0 Å². The molecular weight excluding hydrogens is 192 g/mol. The third-order valence-electron chi connectivity index (χ3n) is 2.20. The molecule has 1 aliphatic rings. The highest BCUT2D eigenvalue weighted by molar-refractivity contribution is 7.92. The number of sulfone groups is 1. The molecule has 5 nitrogen and oxygen atoms in total. The summed E-state index contributed by atoms with van der Waals surface area (Å²) in [5, 5.41) is -0.388. The van der Waals surface area contributed by atoms with Crippen LogP contribution in [-0.4, -0.2) is 49.9 Å². The van der Waals surface area contributed by atoms with E-state index in [9.17, 15) is 13.2 Å². The number of hydrogen-bond acceptors (Lipinski definition) is 4. The first-order valence-electron chi connectivity index (χ1n) is 4.14. The summed E-state index contributed by atoms with van der Waals surface area (Å²) < 4.78 is 22.5. The van der Waals surface area contributed by atoms with E-state index in [0.717, 1.165) is 0 Å². The Bertz CT molecular complexity index is 299. The fraction of sp³-hybridized carbons (Fsp3) is 0.857. The molecule has 1 rings (SSSR count). The second-order valence-corrected chi connectivity index (χ2v) is 5.92. The molecule has 6 heteroatoms. The molecule has 13 heavy (non-hydrogen) atoms. The third-order valence-corrected chi connectivity index (χ3v) is 4.33. The van der Waals surface area contributed by atoms with Gasteiger partial charge in [0.1, 0.15) is 0 Å². The molecule has 0 radical (unpaired) electrons. The minimum absolute atomic E-state index is 0.126. The molecule has 0 bridgehead atoms. The molecule has 2 N–H and O–H groups in total. The van der Waals surface area contributed by atoms with E-state index in [2.05, 4.69) is 0 Å². The first-order chi connectivity index (χ1) is 5.92. The lowest BCUT2D eigenvalue weighted by Crippen LogP contribution is -2.48. The van der Waals surface area contributed by atoms with Crippen LogP contribution in [0.4, 0.5) is 0 Å². The fourth-order valence-electron chi connectivity index (χ4n) is 1.39.